The number of benzene rings is 1. The summed E-state index contributed by atoms with van der Waals surface area (Å²) < 4.78 is 1.96. The highest BCUT2D eigenvalue weighted by Gasteiger charge is 2.12. The molecule has 2 rings (SSSR count). The highest BCUT2D eigenvalue weighted by molar-refractivity contribution is 5.49. The molecule has 0 aliphatic rings. The molecule has 1 N–H and O–H groups in total. The Bertz CT molecular complexity index is 561. The van der Waals surface area contributed by atoms with Gasteiger partial charge in [0.05, 0.1) is 12.2 Å². The summed E-state index contributed by atoms with van der Waals surface area (Å²) in [6, 6.07) is 4.38. The van der Waals surface area contributed by atoms with Crippen molar-refractivity contribution in [2.75, 3.05) is 6.54 Å². The molecule has 0 amide bonds. The maximum absolute atomic E-state index is 4.40. The summed E-state index contributed by atoms with van der Waals surface area (Å²) in [6.07, 6.45) is 1.63. The minimum Gasteiger partial charge on any atom is -0.310 e. The van der Waals surface area contributed by atoms with E-state index in [-0.39, 0.29) is 0 Å². The quantitative estimate of drug-likeness (QED) is 0.910. The van der Waals surface area contributed by atoms with Gasteiger partial charge in [0.15, 0.2) is 0 Å². The van der Waals surface area contributed by atoms with Gasteiger partial charge in [-0.3, -0.25) is 0 Å². The average Bonchev–Trinajstić information content (AvgIpc) is 2.75. The van der Waals surface area contributed by atoms with Crippen LogP contribution in [0.2, 0.25) is 0 Å². The molecule has 4 nitrogen and oxygen atoms in total. The molecule has 108 valence electrons. The summed E-state index contributed by atoms with van der Waals surface area (Å²) in [5, 5.41) is 7.83. The van der Waals surface area contributed by atoms with Crippen molar-refractivity contribution in [1.82, 2.24) is 20.1 Å². The first-order chi connectivity index (χ1) is 9.49. The van der Waals surface area contributed by atoms with Crippen LogP contribution in [0, 0.1) is 26.7 Å². The van der Waals surface area contributed by atoms with E-state index >= 15 is 0 Å². The second kappa shape index (κ2) is 6.18. The van der Waals surface area contributed by atoms with E-state index in [9.17, 15) is 0 Å². The molecule has 0 bridgehead atoms. The molecule has 1 aromatic heterocycles. The van der Waals surface area contributed by atoms with Crippen LogP contribution in [-0.2, 0) is 6.54 Å². The first kappa shape index (κ1) is 14.7. The van der Waals surface area contributed by atoms with Crippen molar-refractivity contribution in [2.45, 2.75) is 41.2 Å². The lowest BCUT2D eigenvalue weighted by atomic mass is 10.1. The lowest BCUT2D eigenvalue weighted by molar-refractivity contribution is 0.537. The van der Waals surface area contributed by atoms with Crippen LogP contribution >= 0.6 is 0 Å². The maximum Gasteiger partial charge on any atom is 0.146 e. The van der Waals surface area contributed by atoms with Crippen LogP contribution in [0.15, 0.2) is 18.5 Å². The standard InChI is InChI=1S/C16H24N4/c1-11(2)8-17-9-15-18-10-19-20(15)16-13(4)6-12(3)7-14(16)5/h6-7,10-11,17H,8-9H2,1-5H3. The van der Waals surface area contributed by atoms with E-state index in [2.05, 4.69) is 62.2 Å². The third-order valence-corrected chi connectivity index (χ3v) is 3.30. The van der Waals surface area contributed by atoms with Gasteiger partial charge in [-0.25, -0.2) is 9.67 Å². The van der Waals surface area contributed by atoms with Crippen LogP contribution in [0.4, 0.5) is 0 Å². The van der Waals surface area contributed by atoms with Crippen LogP contribution in [0.25, 0.3) is 5.69 Å². The number of aromatic nitrogens is 3. The summed E-state index contributed by atoms with van der Waals surface area (Å²) in [5.41, 5.74) is 4.90. The third-order valence-electron chi connectivity index (χ3n) is 3.30. The minimum atomic E-state index is 0.634. The Morgan fingerprint density at radius 1 is 1.15 bits per heavy atom. The van der Waals surface area contributed by atoms with E-state index in [1.165, 1.54) is 16.7 Å². The molecule has 4 heteroatoms. The zero-order chi connectivity index (χ0) is 14.7. The van der Waals surface area contributed by atoms with Crippen LogP contribution in [0.1, 0.15) is 36.4 Å². The summed E-state index contributed by atoms with van der Waals surface area (Å²) in [7, 11) is 0. The molecular weight excluding hydrogens is 248 g/mol. The normalized spacial score (nSPS) is 11.3. The molecule has 0 atom stereocenters. The van der Waals surface area contributed by atoms with Crippen LogP contribution in [-0.4, -0.2) is 21.3 Å². The second-order valence-electron chi connectivity index (χ2n) is 5.86. The predicted molar refractivity (Wildman–Crippen MR) is 82.1 cm³/mol. The Morgan fingerprint density at radius 2 is 1.80 bits per heavy atom. The van der Waals surface area contributed by atoms with Gasteiger partial charge in [0.25, 0.3) is 0 Å². The number of nitrogens with one attached hydrogen (secondary N) is 1. The van der Waals surface area contributed by atoms with Gasteiger partial charge in [-0.05, 0) is 44.4 Å². The molecule has 0 spiro atoms. The SMILES string of the molecule is Cc1cc(C)c(-n2ncnc2CNCC(C)C)c(C)c1. The minimum absolute atomic E-state index is 0.634. The fraction of sp³-hybridized carbons (Fsp3) is 0.500. The molecule has 0 saturated heterocycles. The number of rotatable bonds is 5. The summed E-state index contributed by atoms with van der Waals surface area (Å²) in [4.78, 5) is 4.38. The topological polar surface area (TPSA) is 42.7 Å². The average molecular weight is 272 g/mol. The van der Waals surface area contributed by atoms with Crippen molar-refractivity contribution in [3.05, 3.63) is 41.0 Å². The van der Waals surface area contributed by atoms with Crippen molar-refractivity contribution in [1.29, 1.82) is 0 Å². The van der Waals surface area contributed by atoms with Crippen LogP contribution < -0.4 is 5.32 Å². The molecule has 0 aliphatic heterocycles. The highest BCUT2D eigenvalue weighted by atomic mass is 15.3. The van der Waals surface area contributed by atoms with Gasteiger partial charge < -0.3 is 5.32 Å². The van der Waals surface area contributed by atoms with Crippen LogP contribution in [0.3, 0.4) is 0 Å². The molecule has 0 fully saturated rings. The molecule has 0 saturated carbocycles. The summed E-state index contributed by atoms with van der Waals surface area (Å²) in [6.45, 7) is 12.5. The van der Waals surface area contributed by atoms with Gasteiger partial charge in [-0.1, -0.05) is 31.5 Å². The van der Waals surface area contributed by atoms with E-state index < -0.39 is 0 Å². The fourth-order valence-corrected chi connectivity index (χ4v) is 2.55. The Hall–Kier alpha value is -1.68. The Morgan fingerprint density at radius 3 is 2.40 bits per heavy atom. The molecule has 0 aliphatic carbocycles. The van der Waals surface area contributed by atoms with E-state index in [0.29, 0.717) is 5.92 Å². The lowest BCUT2D eigenvalue weighted by Gasteiger charge is -2.14. The molecule has 0 radical (unpaired) electrons. The highest BCUT2D eigenvalue weighted by Crippen LogP contribution is 2.21. The molecule has 2 aromatic rings. The monoisotopic (exact) mass is 272 g/mol. The maximum atomic E-state index is 4.40. The fourth-order valence-electron chi connectivity index (χ4n) is 2.55. The second-order valence-corrected chi connectivity index (χ2v) is 5.86. The Kier molecular flexibility index (Phi) is 4.55. The Labute approximate surface area is 121 Å². The van der Waals surface area contributed by atoms with Crippen molar-refractivity contribution < 1.29 is 0 Å². The number of aryl methyl sites for hydroxylation is 3. The molecule has 1 aromatic carbocycles. The summed E-state index contributed by atoms with van der Waals surface area (Å²) in [5.74, 6) is 1.59. The lowest BCUT2D eigenvalue weighted by Crippen LogP contribution is -2.21. The first-order valence-corrected chi connectivity index (χ1v) is 7.17. The van der Waals surface area contributed by atoms with Gasteiger partial charge in [0.1, 0.15) is 12.2 Å². The smallest absolute Gasteiger partial charge is 0.146 e. The van der Waals surface area contributed by atoms with Gasteiger partial charge in [0.2, 0.25) is 0 Å². The first-order valence-electron chi connectivity index (χ1n) is 7.17. The van der Waals surface area contributed by atoms with Crippen molar-refractivity contribution >= 4 is 0 Å². The molecule has 1 heterocycles. The largest absolute Gasteiger partial charge is 0.310 e. The van der Waals surface area contributed by atoms with E-state index in [1.54, 1.807) is 6.33 Å². The van der Waals surface area contributed by atoms with E-state index in [1.807, 2.05) is 4.68 Å². The van der Waals surface area contributed by atoms with Gasteiger partial charge in [-0.15, -0.1) is 0 Å². The van der Waals surface area contributed by atoms with Gasteiger partial charge in [-0.2, -0.15) is 5.10 Å². The van der Waals surface area contributed by atoms with Gasteiger partial charge >= 0.3 is 0 Å². The van der Waals surface area contributed by atoms with E-state index in [4.69, 9.17) is 0 Å². The van der Waals surface area contributed by atoms with E-state index in [0.717, 1.165) is 24.6 Å². The predicted octanol–water partition coefficient (Wildman–Crippen LogP) is 2.94. The Balaban J connectivity index is 2.28. The van der Waals surface area contributed by atoms with Crippen molar-refractivity contribution in [2.24, 2.45) is 5.92 Å². The third kappa shape index (κ3) is 3.25. The van der Waals surface area contributed by atoms with Crippen LogP contribution in [0.5, 0.6) is 0 Å². The number of hydrogen-bond donors (Lipinski definition) is 1. The van der Waals surface area contributed by atoms with Crippen molar-refractivity contribution in [3.8, 4) is 5.69 Å². The number of hydrogen-bond acceptors (Lipinski definition) is 3. The van der Waals surface area contributed by atoms with Gasteiger partial charge in [0, 0.05) is 0 Å². The summed E-state index contributed by atoms with van der Waals surface area (Å²) >= 11 is 0. The zero-order valence-corrected chi connectivity index (χ0v) is 13.1. The molecule has 0 unspecified atom stereocenters. The van der Waals surface area contributed by atoms with Crippen molar-refractivity contribution in [3.63, 3.8) is 0 Å². The zero-order valence-electron chi connectivity index (χ0n) is 13.1. The molecular formula is C16H24N4. The number of nitrogens with zero attached hydrogens (tertiary/aromatic N) is 3. The molecule has 20 heavy (non-hydrogen) atoms.